The summed E-state index contributed by atoms with van der Waals surface area (Å²) < 4.78 is 67.0. The van der Waals surface area contributed by atoms with Crippen LogP contribution in [0.5, 0.6) is 0 Å². The Bertz CT molecular complexity index is 2200. The first-order valence-electron chi connectivity index (χ1n) is 21.3. The van der Waals surface area contributed by atoms with Crippen LogP contribution in [0.3, 0.4) is 0 Å². The molecule has 16 nitrogen and oxygen atoms in total. The van der Waals surface area contributed by atoms with Crippen molar-refractivity contribution in [1.82, 2.24) is 5.32 Å². The van der Waals surface area contributed by atoms with Crippen LogP contribution in [0.4, 0.5) is 4.79 Å². The number of ketones is 1. The number of phosphoric ester groups is 2. The Labute approximate surface area is 360 Å². The molecule has 1 saturated heterocycles. The lowest BCUT2D eigenvalue weighted by Crippen LogP contribution is -2.65. The van der Waals surface area contributed by atoms with E-state index >= 15 is 0 Å². The molecule has 336 valence electrons. The molecule has 0 radical (unpaired) electrons. The molecule has 62 heavy (non-hydrogen) atoms. The summed E-state index contributed by atoms with van der Waals surface area (Å²) >= 11 is 0. The summed E-state index contributed by atoms with van der Waals surface area (Å²) in [4.78, 5) is 59.1. The Hall–Kier alpha value is -3.53. The van der Waals surface area contributed by atoms with Gasteiger partial charge in [-0.3, -0.25) is 18.6 Å². The number of aliphatic hydroxyl groups is 1. The van der Waals surface area contributed by atoms with Crippen LogP contribution in [0.25, 0.3) is 11.1 Å². The van der Waals surface area contributed by atoms with E-state index in [1.54, 1.807) is 12.2 Å². The number of phosphoric acid groups is 2. The average Bonchev–Trinajstić information content (AvgIpc) is 3.82. The van der Waals surface area contributed by atoms with E-state index < -0.39 is 81.3 Å². The molecule has 5 aliphatic carbocycles. The van der Waals surface area contributed by atoms with Crippen molar-refractivity contribution < 1.29 is 70.7 Å². The molecule has 4 unspecified atom stereocenters. The number of rotatable bonds is 15. The van der Waals surface area contributed by atoms with Gasteiger partial charge in [0, 0.05) is 36.1 Å². The van der Waals surface area contributed by atoms with Crippen molar-refractivity contribution in [2.24, 2.45) is 28.6 Å². The van der Waals surface area contributed by atoms with Crippen LogP contribution in [-0.2, 0) is 51.0 Å². The van der Waals surface area contributed by atoms with Crippen molar-refractivity contribution in [3.63, 3.8) is 0 Å². The van der Waals surface area contributed by atoms with Crippen LogP contribution in [0, 0.1) is 28.6 Å². The first kappa shape index (κ1) is 45.1. The molecule has 4 N–H and O–H groups in total. The fourth-order valence-electron chi connectivity index (χ4n) is 11.9. The molecule has 4 fully saturated rings. The third-order valence-corrected chi connectivity index (χ3v) is 17.0. The molecule has 1 aliphatic heterocycles. The van der Waals surface area contributed by atoms with Gasteiger partial charge >= 0.3 is 27.7 Å². The van der Waals surface area contributed by atoms with Crippen molar-refractivity contribution in [2.45, 2.75) is 102 Å². The van der Waals surface area contributed by atoms with Gasteiger partial charge < -0.3 is 39.2 Å². The monoisotopic (exact) mass is 899 g/mol. The predicted molar refractivity (Wildman–Crippen MR) is 222 cm³/mol. The summed E-state index contributed by atoms with van der Waals surface area (Å²) in [6.45, 7) is 5.85. The predicted octanol–water partition coefficient (Wildman–Crippen LogP) is 6.88. The standard InChI is InChI=1S/C44H55NO15P2/c1-5-10-39-57-38-22-35-33-16-15-27-21-28(47)17-18-42(27,3)40(33)36(23-43(35,4)44(38,58-39)37(48)25-54-26(2)46)59-62(52,53)60-61(50,51)56-20-19-45-41(49)55-24-34-31-13-8-6-11-29(31)30-12-7-9-14-32(30)34/h6-9,11-14,17-18,21,33-40,48H,5,10,15-16,19-20,22-25H2,1-4H3,(H,45,49)(H,50,51)(H,52,53)/t33-,35-,36-,37?,38+,39?,40+,42-,43-,44+/m0/s1. The van der Waals surface area contributed by atoms with Crippen molar-refractivity contribution in [1.29, 1.82) is 0 Å². The highest BCUT2D eigenvalue weighted by atomic mass is 31.3. The number of hydrogen-bond donors (Lipinski definition) is 4. The number of amides is 1. The summed E-state index contributed by atoms with van der Waals surface area (Å²) in [7, 11) is -10.7. The zero-order valence-corrected chi connectivity index (χ0v) is 37.0. The van der Waals surface area contributed by atoms with Gasteiger partial charge in [-0.15, -0.1) is 0 Å². The SMILES string of the molecule is CCCC1O[C@@H]2C[C@H]3[C@@H]4CCC5=CC(=O)C=C[C@]5(C)[C@H]4[C@@H](OP(=O)(O)OP(=O)(O)OCCNC(=O)OCC4c5ccccc5-c5ccccc54)C[C@]3(C)[C@]2(C(O)COC(C)=O)O1. The summed E-state index contributed by atoms with van der Waals surface area (Å²) in [6, 6.07) is 15.8. The van der Waals surface area contributed by atoms with E-state index in [0.29, 0.717) is 25.7 Å². The largest absolute Gasteiger partial charge is 0.481 e. The summed E-state index contributed by atoms with van der Waals surface area (Å²) in [5.74, 6) is -1.91. The molecular weight excluding hydrogens is 844 g/mol. The Balaban J connectivity index is 0.960. The number of benzene rings is 2. The second kappa shape index (κ2) is 17.1. The Morgan fingerprint density at radius 3 is 2.39 bits per heavy atom. The smallest absolute Gasteiger partial charge is 0.463 e. The molecule has 8 rings (SSSR count). The zero-order chi connectivity index (χ0) is 44.2. The van der Waals surface area contributed by atoms with E-state index in [0.717, 1.165) is 34.2 Å². The Morgan fingerprint density at radius 1 is 1.02 bits per heavy atom. The van der Waals surface area contributed by atoms with Gasteiger partial charge in [0.2, 0.25) is 0 Å². The van der Waals surface area contributed by atoms with E-state index in [1.165, 1.54) is 13.0 Å². The number of carbonyl (C=O) groups is 3. The van der Waals surface area contributed by atoms with Crippen LogP contribution in [-0.4, -0.2) is 89.3 Å². The van der Waals surface area contributed by atoms with E-state index in [2.05, 4.69) is 5.32 Å². The van der Waals surface area contributed by atoms with Gasteiger partial charge in [0.25, 0.3) is 0 Å². The lowest BCUT2D eigenvalue weighted by Gasteiger charge is -2.61. The number of allylic oxidation sites excluding steroid dienone is 4. The minimum Gasteiger partial charge on any atom is -0.463 e. The maximum atomic E-state index is 13.9. The normalized spacial score (nSPS) is 34.2. The highest BCUT2D eigenvalue weighted by Crippen LogP contribution is 2.72. The minimum absolute atomic E-state index is 0.00607. The molecule has 1 heterocycles. The molecule has 0 bridgehead atoms. The molecule has 2 aromatic carbocycles. The van der Waals surface area contributed by atoms with Gasteiger partial charge in [-0.25, -0.2) is 13.9 Å². The van der Waals surface area contributed by atoms with E-state index in [1.807, 2.05) is 69.3 Å². The molecule has 18 heteroatoms. The topological polar surface area (TPSA) is 223 Å². The fourth-order valence-corrected chi connectivity index (χ4v) is 14.1. The summed E-state index contributed by atoms with van der Waals surface area (Å²) in [5, 5.41) is 14.4. The van der Waals surface area contributed by atoms with Gasteiger partial charge in [0.15, 0.2) is 12.1 Å². The first-order chi connectivity index (χ1) is 29.4. The van der Waals surface area contributed by atoms with Crippen molar-refractivity contribution in [3.05, 3.63) is 83.5 Å². The maximum absolute atomic E-state index is 13.9. The van der Waals surface area contributed by atoms with Crippen LogP contribution in [0.15, 0.2) is 72.3 Å². The number of nitrogens with one attached hydrogen (secondary N) is 1. The number of hydrogen-bond acceptors (Lipinski definition) is 13. The highest BCUT2D eigenvalue weighted by Gasteiger charge is 2.76. The van der Waals surface area contributed by atoms with Crippen molar-refractivity contribution in [3.8, 4) is 11.1 Å². The van der Waals surface area contributed by atoms with Crippen LogP contribution in [0.1, 0.15) is 83.3 Å². The van der Waals surface area contributed by atoms with Crippen LogP contribution in [0.2, 0.25) is 0 Å². The Morgan fingerprint density at radius 2 is 1.71 bits per heavy atom. The number of carbonyl (C=O) groups excluding carboxylic acids is 3. The summed E-state index contributed by atoms with van der Waals surface area (Å²) in [6.07, 6.45) is 3.07. The second-order valence-corrected chi connectivity index (χ2v) is 20.7. The van der Waals surface area contributed by atoms with Gasteiger partial charge in [-0.05, 0) is 78.3 Å². The van der Waals surface area contributed by atoms with Crippen molar-refractivity contribution >= 4 is 33.5 Å². The van der Waals surface area contributed by atoms with Crippen molar-refractivity contribution in [2.75, 3.05) is 26.4 Å². The third-order valence-electron chi connectivity index (χ3n) is 14.3. The number of fused-ring (bicyclic) bond motifs is 10. The maximum Gasteiger partial charge on any atom is 0.481 e. The molecule has 0 aromatic heterocycles. The van der Waals surface area contributed by atoms with E-state index in [4.69, 9.17) is 32.3 Å². The van der Waals surface area contributed by atoms with Gasteiger partial charge in [-0.1, -0.05) is 87.4 Å². The molecule has 3 saturated carbocycles. The summed E-state index contributed by atoms with van der Waals surface area (Å²) in [5.41, 5.74) is 1.76. The lowest BCUT2D eigenvalue weighted by atomic mass is 9.46. The number of ether oxygens (including phenoxy) is 4. The Kier molecular flexibility index (Phi) is 12.4. The van der Waals surface area contributed by atoms with Gasteiger partial charge in [0.1, 0.15) is 24.9 Å². The third kappa shape index (κ3) is 8.10. The average molecular weight is 900 g/mol. The number of alkyl carbamates (subject to hydrolysis) is 1. The van der Waals surface area contributed by atoms with Crippen LogP contribution >= 0.6 is 15.6 Å². The lowest BCUT2D eigenvalue weighted by molar-refractivity contribution is -0.231. The highest BCUT2D eigenvalue weighted by molar-refractivity contribution is 7.61. The number of aliphatic hydroxyl groups excluding tert-OH is 1. The molecule has 6 aliphatic rings. The molecule has 12 atom stereocenters. The first-order valence-corrected chi connectivity index (χ1v) is 24.3. The second-order valence-electron chi connectivity index (χ2n) is 17.7. The van der Waals surface area contributed by atoms with Crippen LogP contribution < -0.4 is 5.32 Å². The molecule has 1 amide bonds. The van der Waals surface area contributed by atoms with E-state index in [-0.39, 0.29) is 49.7 Å². The molecular formula is C44H55NO15P2. The quantitative estimate of drug-likeness (QED) is 0.0813. The fraction of sp³-hybridized carbons (Fsp3) is 0.568. The van der Waals surface area contributed by atoms with Gasteiger partial charge in [0.05, 0.1) is 18.8 Å². The zero-order valence-electron chi connectivity index (χ0n) is 35.2. The number of esters is 1. The molecule has 2 aromatic rings. The van der Waals surface area contributed by atoms with Gasteiger partial charge in [-0.2, -0.15) is 4.31 Å². The minimum atomic E-state index is -5.43. The van der Waals surface area contributed by atoms with E-state index in [9.17, 15) is 38.4 Å². The molecule has 0 spiro atoms.